The van der Waals surface area contributed by atoms with Gasteiger partial charge in [-0.3, -0.25) is 4.79 Å². The van der Waals surface area contributed by atoms with Crippen LogP contribution in [0.2, 0.25) is 0 Å². The Morgan fingerprint density at radius 1 is 1.25 bits per heavy atom. The molecule has 20 heavy (non-hydrogen) atoms. The third-order valence-electron chi connectivity index (χ3n) is 4.12. The molecule has 1 fully saturated rings. The van der Waals surface area contributed by atoms with Crippen LogP contribution in [-0.4, -0.2) is 63.8 Å². The van der Waals surface area contributed by atoms with Crippen molar-refractivity contribution in [3.63, 3.8) is 0 Å². The van der Waals surface area contributed by atoms with Crippen LogP contribution >= 0.6 is 12.4 Å². The minimum absolute atomic E-state index is 0. The lowest BCUT2D eigenvalue weighted by Crippen LogP contribution is -2.54. The van der Waals surface area contributed by atoms with Crippen LogP contribution in [0.3, 0.4) is 0 Å². The van der Waals surface area contributed by atoms with E-state index in [1.54, 1.807) is 7.11 Å². The van der Waals surface area contributed by atoms with E-state index in [9.17, 15) is 4.79 Å². The van der Waals surface area contributed by atoms with E-state index >= 15 is 0 Å². The molecule has 1 rings (SSSR count). The largest absolute Gasteiger partial charge is 0.383 e. The fourth-order valence-electron chi connectivity index (χ4n) is 2.69. The molecule has 1 amide bonds. The molecule has 0 bridgehead atoms. The number of carbonyl (C=O) groups excluding carboxylic acids is 1. The predicted octanol–water partition coefficient (Wildman–Crippen LogP) is 1.02. The van der Waals surface area contributed by atoms with Gasteiger partial charge in [-0.2, -0.15) is 0 Å². The summed E-state index contributed by atoms with van der Waals surface area (Å²) in [7, 11) is 5.90. The van der Waals surface area contributed by atoms with Gasteiger partial charge in [-0.25, -0.2) is 0 Å². The number of hydrogen-bond acceptors (Lipinski definition) is 4. The van der Waals surface area contributed by atoms with Gasteiger partial charge in [0.15, 0.2) is 0 Å². The molecule has 5 nitrogen and oxygen atoms in total. The first-order valence-corrected chi connectivity index (χ1v) is 7.24. The van der Waals surface area contributed by atoms with Gasteiger partial charge in [-0.05, 0) is 26.9 Å². The van der Waals surface area contributed by atoms with Crippen molar-refractivity contribution in [2.45, 2.75) is 37.6 Å². The van der Waals surface area contributed by atoms with E-state index in [2.05, 4.69) is 29.6 Å². The van der Waals surface area contributed by atoms with Crippen molar-refractivity contribution in [2.24, 2.45) is 0 Å². The Kier molecular flexibility index (Phi) is 10.2. The molecule has 0 aromatic rings. The lowest BCUT2D eigenvalue weighted by atomic mass is 9.80. The molecule has 1 saturated carbocycles. The fraction of sp³-hybridized carbons (Fsp3) is 0.929. The van der Waals surface area contributed by atoms with Gasteiger partial charge in [-0.15, -0.1) is 12.4 Å². The fourth-order valence-corrected chi connectivity index (χ4v) is 2.69. The maximum Gasteiger partial charge on any atom is 0.234 e. The molecule has 0 radical (unpaired) electrons. The van der Waals surface area contributed by atoms with Gasteiger partial charge >= 0.3 is 0 Å². The third-order valence-corrected chi connectivity index (χ3v) is 4.12. The van der Waals surface area contributed by atoms with Crippen LogP contribution in [0.5, 0.6) is 0 Å². The van der Waals surface area contributed by atoms with Crippen molar-refractivity contribution in [1.29, 1.82) is 0 Å². The number of rotatable bonds is 8. The van der Waals surface area contributed by atoms with Crippen LogP contribution < -0.4 is 10.6 Å². The highest BCUT2D eigenvalue weighted by atomic mass is 35.5. The minimum Gasteiger partial charge on any atom is -0.383 e. The molecule has 0 aromatic heterocycles. The summed E-state index contributed by atoms with van der Waals surface area (Å²) in [6, 6.07) is 0. The summed E-state index contributed by atoms with van der Waals surface area (Å²) in [5.74, 6) is 0.0721. The van der Waals surface area contributed by atoms with Crippen LogP contribution in [0, 0.1) is 0 Å². The molecule has 2 N–H and O–H groups in total. The number of nitrogens with zero attached hydrogens (tertiary/aromatic N) is 1. The predicted molar refractivity (Wildman–Crippen MR) is 84.5 cm³/mol. The molecular formula is C14H30ClN3O2. The maximum absolute atomic E-state index is 11.8. The summed E-state index contributed by atoms with van der Waals surface area (Å²) in [4.78, 5) is 14.1. The topological polar surface area (TPSA) is 53.6 Å². The lowest BCUT2D eigenvalue weighted by molar-refractivity contribution is -0.121. The first kappa shape index (κ1) is 19.6. The SMILES string of the molecule is COCCNCC(=O)NCC1(N(C)C)CCCCC1.Cl. The van der Waals surface area contributed by atoms with E-state index in [4.69, 9.17) is 4.74 Å². The molecule has 0 spiro atoms. The standard InChI is InChI=1S/C14H29N3O2.ClH/c1-17(2)14(7-5-4-6-8-14)12-16-13(18)11-15-9-10-19-3;/h15H,4-12H2,1-3H3,(H,16,18);1H. The number of likely N-dealkylation sites (N-methyl/N-ethyl adjacent to an activating group) is 1. The van der Waals surface area contributed by atoms with Gasteiger partial charge in [0.1, 0.15) is 0 Å². The second kappa shape index (κ2) is 10.4. The van der Waals surface area contributed by atoms with Crippen LogP contribution in [0.25, 0.3) is 0 Å². The summed E-state index contributed by atoms with van der Waals surface area (Å²) in [5.41, 5.74) is 0.153. The molecule has 6 heteroatoms. The average Bonchev–Trinajstić information content (AvgIpc) is 2.42. The molecule has 0 atom stereocenters. The monoisotopic (exact) mass is 307 g/mol. The first-order valence-electron chi connectivity index (χ1n) is 7.24. The number of hydrogen-bond donors (Lipinski definition) is 2. The zero-order valence-electron chi connectivity index (χ0n) is 13.0. The molecule has 1 aliphatic rings. The van der Waals surface area contributed by atoms with Crippen LogP contribution in [-0.2, 0) is 9.53 Å². The summed E-state index contributed by atoms with van der Waals surface area (Å²) in [5, 5.41) is 6.13. The van der Waals surface area contributed by atoms with Crippen molar-refractivity contribution in [2.75, 3.05) is 47.4 Å². The van der Waals surface area contributed by atoms with E-state index in [-0.39, 0.29) is 23.9 Å². The lowest BCUT2D eigenvalue weighted by Gasteiger charge is -2.43. The van der Waals surface area contributed by atoms with Crippen molar-refractivity contribution < 1.29 is 9.53 Å². The van der Waals surface area contributed by atoms with Crippen molar-refractivity contribution in [3.8, 4) is 0 Å². The van der Waals surface area contributed by atoms with Gasteiger partial charge in [0.2, 0.25) is 5.91 Å². The van der Waals surface area contributed by atoms with Gasteiger partial charge in [-0.1, -0.05) is 19.3 Å². The molecule has 0 saturated heterocycles. The zero-order valence-corrected chi connectivity index (χ0v) is 13.9. The van der Waals surface area contributed by atoms with Crippen molar-refractivity contribution in [1.82, 2.24) is 15.5 Å². The number of nitrogens with one attached hydrogen (secondary N) is 2. The van der Waals surface area contributed by atoms with Gasteiger partial charge in [0, 0.05) is 25.7 Å². The molecule has 120 valence electrons. The van der Waals surface area contributed by atoms with E-state index in [0.29, 0.717) is 19.7 Å². The Balaban J connectivity index is 0.00000361. The van der Waals surface area contributed by atoms with Crippen molar-refractivity contribution in [3.05, 3.63) is 0 Å². The van der Waals surface area contributed by atoms with Gasteiger partial charge < -0.3 is 20.3 Å². The summed E-state index contributed by atoms with van der Waals surface area (Å²) < 4.78 is 4.93. The molecule has 0 heterocycles. The number of carbonyl (C=O) groups is 1. The second-order valence-corrected chi connectivity index (χ2v) is 5.63. The number of methoxy groups -OCH3 is 1. The quantitative estimate of drug-likeness (QED) is 0.658. The number of amides is 1. The normalized spacial score (nSPS) is 17.6. The summed E-state index contributed by atoms with van der Waals surface area (Å²) >= 11 is 0. The number of halogens is 1. The molecular weight excluding hydrogens is 278 g/mol. The maximum atomic E-state index is 11.8. The Morgan fingerprint density at radius 2 is 1.90 bits per heavy atom. The van der Waals surface area contributed by atoms with E-state index in [0.717, 1.165) is 6.54 Å². The molecule has 0 aromatic carbocycles. The first-order chi connectivity index (χ1) is 9.10. The van der Waals surface area contributed by atoms with E-state index < -0.39 is 0 Å². The Hall–Kier alpha value is -0.360. The van der Waals surface area contributed by atoms with Crippen molar-refractivity contribution >= 4 is 18.3 Å². The second-order valence-electron chi connectivity index (χ2n) is 5.63. The van der Waals surface area contributed by atoms with E-state index in [1.807, 2.05) is 0 Å². The molecule has 0 aliphatic heterocycles. The highest BCUT2D eigenvalue weighted by molar-refractivity contribution is 5.85. The highest BCUT2D eigenvalue weighted by Gasteiger charge is 2.34. The highest BCUT2D eigenvalue weighted by Crippen LogP contribution is 2.31. The van der Waals surface area contributed by atoms with Crippen LogP contribution in [0.4, 0.5) is 0 Å². The molecule has 1 aliphatic carbocycles. The third kappa shape index (κ3) is 6.39. The Morgan fingerprint density at radius 3 is 2.45 bits per heavy atom. The average molecular weight is 308 g/mol. The zero-order chi connectivity index (χ0) is 14.1. The minimum atomic E-state index is 0. The van der Waals surface area contributed by atoms with Crippen LogP contribution in [0.15, 0.2) is 0 Å². The summed E-state index contributed by atoms with van der Waals surface area (Å²) in [6.45, 7) is 2.47. The Bertz CT molecular complexity index is 269. The smallest absolute Gasteiger partial charge is 0.234 e. The van der Waals surface area contributed by atoms with Gasteiger partial charge in [0.25, 0.3) is 0 Å². The summed E-state index contributed by atoms with van der Waals surface area (Å²) in [6.07, 6.45) is 6.21. The van der Waals surface area contributed by atoms with Gasteiger partial charge in [0.05, 0.1) is 13.2 Å². The number of ether oxygens (including phenoxy) is 1. The Labute approximate surface area is 129 Å². The van der Waals surface area contributed by atoms with Crippen LogP contribution in [0.1, 0.15) is 32.1 Å². The van der Waals surface area contributed by atoms with E-state index in [1.165, 1.54) is 32.1 Å². The molecule has 0 unspecified atom stereocenters.